The van der Waals surface area contributed by atoms with E-state index in [0.29, 0.717) is 33.7 Å². The zero-order chi connectivity index (χ0) is 18.2. The minimum atomic E-state index is -0.113. The lowest BCUT2D eigenvalue weighted by Crippen LogP contribution is -2.21. The molecule has 0 heterocycles. The van der Waals surface area contributed by atoms with Crippen LogP contribution in [-0.4, -0.2) is 18.8 Å². The van der Waals surface area contributed by atoms with Crippen LogP contribution in [0.1, 0.15) is 18.1 Å². The topological polar surface area (TPSA) is 95.2 Å². The smallest absolute Gasteiger partial charge is 0.211 e. The molecule has 2 aromatic rings. The molecule has 0 fully saturated rings. The number of rotatable bonds is 7. The van der Waals surface area contributed by atoms with Gasteiger partial charge in [-0.1, -0.05) is 29.3 Å². The van der Waals surface area contributed by atoms with Gasteiger partial charge in [-0.15, -0.1) is 5.10 Å². The second kappa shape index (κ2) is 9.15. The summed E-state index contributed by atoms with van der Waals surface area (Å²) < 4.78 is 11.4. The van der Waals surface area contributed by atoms with E-state index in [1.54, 1.807) is 36.4 Å². The number of halogens is 2. The second-order valence-electron chi connectivity index (χ2n) is 4.90. The Morgan fingerprint density at radius 2 is 1.80 bits per heavy atom. The SMILES string of the molecule is CCOc1cc(/C=N/N=C(N)N)ccc1OCc1c(Cl)cccc1Cl. The number of ether oxygens (including phenoxy) is 2. The maximum atomic E-state index is 6.16. The van der Waals surface area contributed by atoms with Gasteiger partial charge in [-0.25, -0.2) is 0 Å². The molecule has 0 saturated carbocycles. The van der Waals surface area contributed by atoms with E-state index in [4.69, 9.17) is 44.1 Å². The average Bonchev–Trinajstić information content (AvgIpc) is 2.56. The predicted octanol–water partition coefficient (Wildman–Crippen LogP) is 3.58. The van der Waals surface area contributed by atoms with Gasteiger partial charge in [0, 0.05) is 15.6 Å². The molecule has 2 aromatic carbocycles. The van der Waals surface area contributed by atoms with Crippen molar-refractivity contribution in [1.29, 1.82) is 0 Å². The van der Waals surface area contributed by atoms with Crippen LogP contribution in [0.25, 0.3) is 0 Å². The van der Waals surface area contributed by atoms with E-state index in [2.05, 4.69) is 10.2 Å². The third-order valence-corrected chi connectivity index (χ3v) is 3.79. The third kappa shape index (κ3) is 5.55. The monoisotopic (exact) mass is 380 g/mol. The van der Waals surface area contributed by atoms with Crippen molar-refractivity contribution in [2.75, 3.05) is 6.61 Å². The van der Waals surface area contributed by atoms with Crippen LogP contribution >= 0.6 is 23.2 Å². The summed E-state index contributed by atoms with van der Waals surface area (Å²) >= 11 is 12.3. The first kappa shape index (κ1) is 18.9. The first-order valence-corrected chi connectivity index (χ1v) is 8.21. The Labute approximate surface area is 156 Å². The van der Waals surface area contributed by atoms with Gasteiger partial charge in [-0.05, 0) is 42.8 Å². The van der Waals surface area contributed by atoms with E-state index in [1.807, 2.05) is 6.92 Å². The van der Waals surface area contributed by atoms with Gasteiger partial charge in [0.2, 0.25) is 5.96 Å². The molecule has 0 bridgehead atoms. The van der Waals surface area contributed by atoms with Crippen molar-refractivity contribution in [2.24, 2.45) is 21.7 Å². The summed E-state index contributed by atoms with van der Waals surface area (Å²) in [5.41, 5.74) is 11.9. The zero-order valence-corrected chi connectivity index (χ0v) is 15.1. The highest BCUT2D eigenvalue weighted by molar-refractivity contribution is 6.35. The van der Waals surface area contributed by atoms with Crippen molar-refractivity contribution in [3.63, 3.8) is 0 Å². The molecule has 25 heavy (non-hydrogen) atoms. The number of nitrogens with two attached hydrogens (primary N) is 2. The van der Waals surface area contributed by atoms with E-state index in [-0.39, 0.29) is 12.6 Å². The van der Waals surface area contributed by atoms with Crippen molar-refractivity contribution >= 4 is 35.4 Å². The molecule has 2 rings (SSSR count). The molecule has 0 aliphatic carbocycles. The van der Waals surface area contributed by atoms with Crippen LogP contribution < -0.4 is 20.9 Å². The Morgan fingerprint density at radius 3 is 2.44 bits per heavy atom. The fourth-order valence-corrected chi connectivity index (χ4v) is 2.48. The fourth-order valence-electron chi connectivity index (χ4n) is 1.97. The molecule has 0 aliphatic heterocycles. The van der Waals surface area contributed by atoms with Gasteiger partial charge in [0.15, 0.2) is 11.5 Å². The lowest BCUT2D eigenvalue weighted by atomic mass is 10.2. The van der Waals surface area contributed by atoms with Crippen LogP contribution in [0.4, 0.5) is 0 Å². The fraction of sp³-hybridized carbons (Fsp3) is 0.176. The molecular weight excluding hydrogens is 363 g/mol. The maximum absolute atomic E-state index is 6.16. The largest absolute Gasteiger partial charge is 0.490 e. The van der Waals surface area contributed by atoms with E-state index < -0.39 is 0 Å². The molecule has 0 amide bonds. The standard InChI is InChI=1S/C17H18Cl2N4O2/c1-2-24-16-8-11(9-22-23-17(20)21)6-7-15(16)25-10-12-13(18)4-3-5-14(12)19/h3-9H,2,10H2,1H3,(H4,20,21,23)/b22-9+. The molecule has 0 saturated heterocycles. The molecule has 0 spiro atoms. The lowest BCUT2D eigenvalue weighted by molar-refractivity contribution is 0.269. The Hall–Kier alpha value is -2.44. The van der Waals surface area contributed by atoms with Gasteiger partial charge in [-0.2, -0.15) is 5.10 Å². The van der Waals surface area contributed by atoms with Crippen LogP contribution in [0.3, 0.4) is 0 Å². The minimum absolute atomic E-state index is 0.113. The molecular formula is C17H18Cl2N4O2. The molecule has 132 valence electrons. The van der Waals surface area contributed by atoms with Crippen molar-refractivity contribution in [1.82, 2.24) is 0 Å². The average molecular weight is 381 g/mol. The Morgan fingerprint density at radius 1 is 1.08 bits per heavy atom. The summed E-state index contributed by atoms with van der Waals surface area (Å²) in [5.74, 6) is 1.02. The summed E-state index contributed by atoms with van der Waals surface area (Å²) in [5, 5.41) is 8.42. The summed E-state index contributed by atoms with van der Waals surface area (Å²) in [6, 6.07) is 10.7. The predicted molar refractivity (Wildman–Crippen MR) is 102 cm³/mol. The lowest BCUT2D eigenvalue weighted by Gasteiger charge is -2.14. The molecule has 8 heteroatoms. The van der Waals surface area contributed by atoms with Crippen LogP contribution in [-0.2, 0) is 6.61 Å². The number of benzene rings is 2. The summed E-state index contributed by atoms with van der Waals surface area (Å²) in [4.78, 5) is 0. The summed E-state index contributed by atoms with van der Waals surface area (Å²) in [7, 11) is 0. The molecule has 0 aliphatic rings. The molecule has 4 N–H and O–H groups in total. The van der Waals surface area contributed by atoms with E-state index >= 15 is 0 Å². The van der Waals surface area contributed by atoms with Crippen LogP contribution in [0.15, 0.2) is 46.6 Å². The quantitative estimate of drug-likeness (QED) is 0.435. The molecule has 0 aromatic heterocycles. The highest BCUT2D eigenvalue weighted by atomic mass is 35.5. The third-order valence-electron chi connectivity index (χ3n) is 3.08. The maximum Gasteiger partial charge on any atom is 0.211 e. The number of hydrogen-bond acceptors (Lipinski definition) is 4. The van der Waals surface area contributed by atoms with Crippen molar-refractivity contribution in [2.45, 2.75) is 13.5 Å². The molecule has 0 radical (unpaired) electrons. The second-order valence-corrected chi connectivity index (χ2v) is 5.71. The zero-order valence-electron chi connectivity index (χ0n) is 13.6. The van der Waals surface area contributed by atoms with E-state index in [0.717, 1.165) is 5.56 Å². The van der Waals surface area contributed by atoms with E-state index in [1.165, 1.54) is 6.21 Å². The van der Waals surface area contributed by atoms with Gasteiger partial charge in [0.1, 0.15) is 6.61 Å². The van der Waals surface area contributed by atoms with E-state index in [9.17, 15) is 0 Å². The first-order chi connectivity index (χ1) is 12.0. The van der Waals surface area contributed by atoms with Crippen molar-refractivity contribution < 1.29 is 9.47 Å². The first-order valence-electron chi connectivity index (χ1n) is 7.45. The van der Waals surface area contributed by atoms with Gasteiger partial charge >= 0.3 is 0 Å². The van der Waals surface area contributed by atoms with Gasteiger partial charge < -0.3 is 20.9 Å². The highest BCUT2D eigenvalue weighted by Crippen LogP contribution is 2.31. The number of nitrogens with zero attached hydrogens (tertiary/aromatic N) is 2. The van der Waals surface area contributed by atoms with Crippen LogP contribution in [0, 0.1) is 0 Å². The Kier molecular flexibility index (Phi) is 6.91. The number of guanidine groups is 1. The van der Waals surface area contributed by atoms with Gasteiger partial charge in [0.25, 0.3) is 0 Å². The molecule has 0 atom stereocenters. The van der Waals surface area contributed by atoms with Crippen LogP contribution in [0.2, 0.25) is 10.0 Å². The molecule has 0 unspecified atom stereocenters. The van der Waals surface area contributed by atoms with Crippen molar-refractivity contribution in [3.05, 3.63) is 57.6 Å². The normalized spacial score (nSPS) is 10.7. The highest BCUT2D eigenvalue weighted by Gasteiger charge is 2.10. The van der Waals surface area contributed by atoms with Crippen molar-refractivity contribution in [3.8, 4) is 11.5 Å². The Balaban J connectivity index is 2.19. The summed E-state index contributed by atoms with van der Waals surface area (Å²) in [6.45, 7) is 2.59. The van der Waals surface area contributed by atoms with Gasteiger partial charge in [-0.3, -0.25) is 0 Å². The molecule has 6 nitrogen and oxygen atoms in total. The number of hydrogen-bond donors (Lipinski definition) is 2. The Bertz CT molecular complexity index is 770. The van der Waals surface area contributed by atoms with Gasteiger partial charge in [0.05, 0.1) is 12.8 Å². The summed E-state index contributed by atoms with van der Waals surface area (Å²) in [6.07, 6.45) is 1.51. The minimum Gasteiger partial charge on any atom is -0.490 e. The van der Waals surface area contributed by atoms with Crippen LogP contribution in [0.5, 0.6) is 11.5 Å².